The zero-order valence-corrected chi connectivity index (χ0v) is 12.7. The number of thiocyanates is 1. The summed E-state index contributed by atoms with van der Waals surface area (Å²) in [6.07, 6.45) is 5.72. The topological polar surface area (TPSA) is 65.2 Å². The molecular weight excluding hydrogens is 282 g/mol. The Balaban J connectivity index is 2.03. The first kappa shape index (κ1) is 15.3. The quantitative estimate of drug-likeness (QED) is 0.523. The summed E-state index contributed by atoms with van der Waals surface area (Å²) >= 11 is 1.20. The van der Waals surface area contributed by atoms with E-state index >= 15 is 0 Å². The van der Waals surface area contributed by atoms with Crippen molar-refractivity contribution in [2.75, 3.05) is 0 Å². The van der Waals surface area contributed by atoms with Crippen molar-refractivity contribution in [1.29, 1.82) is 5.26 Å². The second-order valence-electron chi connectivity index (χ2n) is 4.86. The standard InChI is InChI=1S/C16H17N3OS/c1-12-6-2-4-8-14(12)16(20)19-18-10-13-7-3-5-9-15(13)21-11-17/h2,4,6,8,10H,3,5,7,9H2,1H3,(H,19,20)/b18-10+. The van der Waals surface area contributed by atoms with Gasteiger partial charge in [-0.2, -0.15) is 10.4 Å². The molecule has 0 bridgehead atoms. The van der Waals surface area contributed by atoms with E-state index in [4.69, 9.17) is 5.26 Å². The highest BCUT2D eigenvalue weighted by Gasteiger charge is 2.12. The third-order valence-electron chi connectivity index (χ3n) is 3.40. The number of carbonyl (C=O) groups is 1. The Morgan fingerprint density at radius 3 is 2.90 bits per heavy atom. The fraction of sp³-hybridized carbons (Fsp3) is 0.312. The minimum atomic E-state index is -0.213. The molecule has 0 atom stereocenters. The van der Waals surface area contributed by atoms with Crippen molar-refractivity contribution in [1.82, 2.24) is 5.43 Å². The third-order valence-corrected chi connectivity index (χ3v) is 4.21. The number of hydrogen-bond acceptors (Lipinski definition) is 4. The number of rotatable bonds is 4. The van der Waals surface area contributed by atoms with Crippen LogP contribution in [0.1, 0.15) is 41.6 Å². The summed E-state index contributed by atoms with van der Waals surface area (Å²) in [4.78, 5) is 13.1. The third kappa shape index (κ3) is 4.20. The van der Waals surface area contributed by atoms with Gasteiger partial charge in [-0.1, -0.05) is 18.2 Å². The molecule has 1 aromatic carbocycles. The maximum Gasteiger partial charge on any atom is 0.271 e. The molecule has 0 aliphatic heterocycles. The number of nitrogens with one attached hydrogen (secondary N) is 1. The van der Waals surface area contributed by atoms with Gasteiger partial charge < -0.3 is 0 Å². The highest BCUT2D eigenvalue weighted by molar-refractivity contribution is 8.07. The molecule has 0 radical (unpaired) electrons. The highest BCUT2D eigenvalue weighted by Crippen LogP contribution is 2.31. The van der Waals surface area contributed by atoms with Crippen molar-refractivity contribution in [3.63, 3.8) is 0 Å². The summed E-state index contributed by atoms with van der Waals surface area (Å²) in [6.45, 7) is 1.89. The van der Waals surface area contributed by atoms with Crippen LogP contribution < -0.4 is 5.43 Å². The molecule has 1 amide bonds. The zero-order valence-electron chi connectivity index (χ0n) is 11.9. The lowest BCUT2D eigenvalue weighted by atomic mass is 10.0. The van der Waals surface area contributed by atoms with E-state index < -0.39 is 0 Å². The number of hydrogen-bond donors (Lipinski definition) is 1. The number of aryl methyl sites for hydroxylation is 1. The summed E-state index contributed by atoms with van der Waals surface area (Å²) < 4.78 is 0. The number of amides is 1. The monoisotopic (exact) mass is 299 g/mol. The number of hydrazone groups is 1. The maximum atomic E-state index is 12.0. The van der Waals surface area contributed by atoms with Crippen LogP contribution in [0.3, 0.4) is 0 Å². The van der Waals surface area contributed by atoms with Crippen LogP contribution in [0.15, 0.2) is 39.8 Å². The molecule has 21 heavy (non-hydrogen) atoms. The van der Waals surface area contributed by atoms with E-state index in [-0.39, 0.29) is 5.91 Å². The van der Waals surface area contributed by atoms with Gasteiger partial charge in [0.15, 0.2) is 0 Å². The van der Waals surface area contributed by atoms with Gasteiger partial charge in [-0.05, 0) is 61.6 Å². The van der Waals surface area contributed by atoms with Crippen molar-refractivity contribution >= 4 is 23.9 Å². The van der Waals surface area contributed by atoms with Gasteiger partial charge in [0.05, 0.1) is 6.21 Å². The van der Waals surface area contributed by atoms with Gasteiger partial charge in [0.25, 0.3) is 5.91 Å². The molecule has 2 rings (SSSR count). The summed E-state index contributed by atoms with van der Waals surface area (Å²) in [7, 11) is 0. The summed E-state index contributed by atoms with van der Waals surface area (Å²) in [6, 6.07) is 7.39. The number of thioether (sulfide) groups is 1. The number of nitriles is 1. The van der Waals surface area contributed by atoms with Crippen LogP contribution in [0.25, 0.3) is 0 Å². The molecule has 4 nitrogen and oxygen atoms in total. The first-order chi connectivity index (χ1) is 10.2. The Hall–Kier alpha value is -2.06. The minimum absolute atomic E-state index is 0.213. The van der Waals surface area contributed by atoms with Crippen molar-refractivity contribution in [2.24, 2.45) is 5.10 Å². The lowest BCUT2D eigenvalue weighted by Gasteiger charge is -2.14. The molecule has 0 aromatic heterocycles. The van der Waals surface area contributed by atoms with E-state index in [1.54, 1.807) is 12.3 Å². The van der Waals surface area contributed by atoms with Crippen molar-refractivity contribution < 1.29 is 4.79 Å². The van der Waals surface area contributed by atoms with Gasteiger partial charge in [0.1, 0.15) is 5.40 Å². The number of carbonyl (C=O) groups excluding carboxylic acids is 1. The van der Waals surface area contributed by atoms with Crippen molar-refractivity contribution in [3.8, 4) is 5.40 Å². The zero-order chi connectivity index (χ0) is 15.1. The Kier molecular flexibility index (Phi) is 5.59. The van der Waals surface area contributed by atoms with Gasteiger partial charge >= 0.3 is 0 Å². The first-order valence-corrected chi connectivity index (χ1v) is 7.71. The molecule has 0 saturated carbocycles. The SMILES string of the molecule is Cc1ccccc1C(=O)N/N=C/C1=C(SC#N)CCCC1. The van der Waals surface area contributed by atoms with Gasteiger partial charge in [-0.25, -0.2) is 5.43 Å². The van der Waals surface area contributed by atoms with Crippen molar-refractivity contribution in [2.45, 2.75) is 32.6 Å². The van der Waals surface area contributed by atoms with E-state index in [0.717, 1.165) is 41.7 Å². The fourth-order valence-electron chi connectivity index (χ4n) is 2.27. The van der Waals surface area contributed by atoms with E-state index in [2.05, 4.69) is 15.9 Å². The normalized spacial score (nSPS) is 15.0. The predicted molar refractivity (Wildman–Crippen MR) is 85.8 cm³/mol. The molecule has 108 valence electrons. The van der Waals surface area contributed by atoms with E-state index in [1.807, 2.05) is 25.1 Å². The highest BCUT2D eigenvalue weighted by atomic mass is 32.2. The Labute approximate surface area is 128 Å². The maximum absolute atomic E-state index is 12.0. The van der Waals surface area contributed by atoms with Crippen LogP contribution >= 0.6 is 11.8 Å². The van der Waals surface area contributed by atoms with Crippen LogP contribution in [-0.2, 0) is 0 Å². The summed E-state index contributed by atoms with van der Waals surface area (Å²) in [5.74, 6) is -0.213. The van der Waals surface area contributed by atoms with Gasteiger partial charge in [-0.15, -0.1) is 0 Å². The Morgan fingerprint density at radius 2 is 2.14 bits per heavy atom. The number of benzene rings is 1. The molecule has 0 fully saturated rings. The Morgan fingerprint density at radius 1 is 1.38 bits per heavy atom. The lowest BCUT2D eigenvalue weighted by Crippen LogP contribution is -2.18. The first-order valence-electron chi connectivity index (χ1n) is 6.89. The van der Waals surface area contributed by atoms with Gasteiger partial charge in [0.2, 0.25) is 0 Å². The molecule has 0 spiro atoms. The number of allylic oxidation sites excluding steroid dienone is 2. The molecule has 0 heterocycles. The van der Waals surface area contributed by atoms with E-state index in [0.29, 0.717) is 5.56 Å². The van der Waals surface area contributed by atoms with Crippen LogP contribution in [-0.4, -0.2) is 12.1 Å². The van der Waals surface area contributed by atoms with Gasteiger partial charge in [0, 0.05) is 10.5 Å². The number of nitrogens with zero attached hydrogens (tertiary/aromatic N) is 2. The van der Waals surface area contributed by atoms with Gasteiger partial charge in [-0.3, -0.25) is 4.79 Å². The van der Waals surface area contributed by atoms with Crippen LogP contribution in [0, 0.1) is 17.6 Å². The second kappa shape index (κ2) is 7.65. The molecular formula is C16H17N3OS. The lowest BCUT2D eigenvalue weighted by molar-refractivity contribution is 0.0954. The second-order valence-corrected chi connectivity index (χ2v) is 5.74. The molecule has 1 aromatic rings. The average Bonchev–Trinajstić information content (AvgIpc) is 2.49. The van der Waals surface area contributed by atoms with Crippen LogP contribution in [0.2, 0.25) is 0 Å². The molecule has 5 heteroatoms. The van der Waals surface area contributed by atoms with Crippen LogP contribution in [0.5, 0.6) is 0 Å². The molecule has 0 saturated heterocycles. The minimum Gasteiger partial charge on any atom is -0.267 e. The largest absolute Gasteiger partial charge is 0.271 e. The van der Waals surface area contributed by atoms with E-state index in [9.17, 15) is 4.79 Å². The fourth-order valence-corrected chi connectivity index (χ4v) is 2.91. The summed E-state index contributed by atoms with van der Waals surface area (Å²) in [5.41, 5.74) is 5.15. The van der Waals surface area contributed by atoms with E-state index in [1.165, 1.54) is 11.8 Å². The molecule has 1 aliphatic carbocycles. The van der Waals surface area contributed by atoms with Crippen LogP contribution in [0.4, 0.5) is 0 Å². The summed E-state index contributed by atoms with van der Waals surface area (Å²) in [5, 5.41) is 14.9. The Bertz CT molecular complexity index is 629. The molecule has 0 unspecified atom stereocenters. The average molecular weight is 299 g/mol. The molecule has 1 aliphatic rings. The molecule has 1 N–H and O–H groups in total. The van der Waals surface area contributed by atoms with Crippen molar-refractivity contribution in [3.05, 3.63) is 45.9 Å². The smallest absolute Gasteiger partial charge is 0.267 e. The predicted octanol–water partition coefficient (Wildman–Crippen LogP) is 3.75.